The molecule has 0 aliphatic heterocycles. The average Bonchev–Trinajstić information content (AvgIpc) is 3.38. The Labute approximate surface area is 440 Å². The third kappa shape index (κ3) is 26.6. The molecular formula is C49H78N10O17. The Morgan fingerprint density at radius 1 is 0.632 bits per heavy atom. The number of unbranched alkanes of at least 4 members (excludes halogenated alkanes) is 2. The fourth-order valence-electron chi connectivity index (χ4n) is 7.32. The van der Waals surface area contributed by atoms with Crippen LogP contribution in [0.2, 0.25) is 0 Å². The van der Waals surface area contributed by atoms with Gasteiger partial charge in [-0.3, -0.25) is 58.2 Å². The molecule has 10 atom stereocenters. The van der Waals surface area contributed by atoms with Crippen LogP contribution in [-0.2, 0) is 64.0 Å². The largest absolute Gasteiger partial charge is 0.481 e. The number of aldehydes is 1. The Kier molecular flexibility index (Phi) is 32.8. The summed E-state index contributed by atoms with van der Waals surface area (Å²) in [4.78, 5) is 151. The van der Waals surface area contributed by atoms with Gasteiger partial charge < -0.3 is 73.3 Å². The minimum Gasteiger partial charge on any atom is -0.481 e. The number of nitrogens with two attached hydrogens (primary N) is 1. The topological polar surface area (TPSA) is 440 Å². The first-order valence-corrected chi connectivity index (χ1v) is 25.1. The predicted octanol–water partition coefficient (Wildman–Crippen LogP) is -4.44. The number of primary amides is 1. The van der Waals surface area contributed by atoms with Crippen LogP contribution in [0.25, 0.3) is 0 Å². The van der Waals surface area contributed by atoms with Crippen LogP contribution >= 0.6 is 0 Å². The maximum absolute atomic E-state index is 13.7. The van der Waals surface area contributed by atoms with Crippen molar-refractivity contribution in [3.05, 3.63) is 35.9 Å². The SMILES string of the molecule is CCC(=O)NCCCCC(CC(=O)C(C)CCCCNNC(Cc1ccccc1)C(=O)N[C@@H](CO)C(=O)NC(CCC(=O)O)C(=O)N[C@@H](CO)C(=O)N[C@H](C(=O)N[C@@H](CC(N)=O)C(=O)NC(C=O)CO)[C@@H](C)O)C(C)=O. The number of hydrazine groups is 1. The predicted molar refractivity (Wildman–Crippen MR) is 270 cm³/mol. The van der Waals surface area contributed by atoms with E-state index < -0.39 is 141 Å². The molecule has 0 aliphatic rings. The van der Waals surface area contributed by atoms with E-state index in [0.717, 1.165) is 6.92 Å². The van der Waals surface area contributed by atoms with Gasteiger partial charge in [-0.1, -0.05) is 57.0 Å². The standard InChI is InChI=1S/C49H78N10O17/c1-5-41(68)51-19-11-10-16-32(29(3)64)22-39(66)28(2)13-9-12-20-52-59-36(21-31-14-7-6-8-15-31)46(73)57-37(26-62)47(74)54-34(17-18-42(69)70)44(71)56-38(27-63)48(75)58-43(30(4)65)49(76)55-35(23-40(50)67)45(72)53-33(24-60)25-61/h6-8,14-15,24,28,30,32-38,43,52,59,61-63,65H,5,9-13,16-23,25-27H2,1-4H3,(H2,50,67)(H,51,68)(H,53,72)(H,54,74)(H,55,76)(H,56,71)(H,57,73)(H,58,75)(H,69,70)/t28?,30-,32?,33?,34?,35+,36?,37+,38+,43+/m1/s1. The van der Waals surface area contributed by atoms with Gasteiger partial charge in [-0.25, -0.2) is 5.43 Å². The van der Waals surface area contributed by atoms with Crippen LogP contribution in [0.3, 0.4) is 0 Å². The van der Waals surface area contributed by atoms with Crippen molar-refractivity contribution in [3.8, 4) is 0 Å². The van der Waals surface area contributed by atoms with Gasteiger partial charge in [0.2, 0.25) is 47.3 Å². The van der Waals surface area contributed by atoms with E-state index >= 15 is 0 Å². The maximum atomic E-state index is 13.7. The van der Waals surface area contributed by atoms with Gasteiger partial charge in [0.05, 0.1) is 32.3 Å². The number of hydrogen-bond acceptors (Lipinski definition) is 18. The van der Waals surface area contributed by atoms with E-state index in [1.807, 2.05) is 0 Å². The molecule has 0 radical (unpaired) electrons. The molecule has 27 heteroatoms. The molecule has 0 spiro atoms. The highest BCUT2D eigenvalue weighted by Gasteiger charge is 2.35. The molecular weight excluding hydrogens is 1000 g/mol. The number of aliphatic hydroxyl groups is 4. The molecule has 0 heterocycles. The van der Waals surface area contributed by atoms with Gasteiger partial charge in [-0.2, -0.15) is 0 Å². The number of carboxylic acids is 1. The minimum absolute atomic E-state index is 0.0254. The fraction of sp³-hybridized carbons (Fsp3) is 0.633. The number of aliphatic hydroxyl groups excluding tert-OH is 4. The van der Waals surface area contributed by atoms with Gasteiger partial charge in [0, 0.05) is 44.2 Å². The molecule has 76 heavy (non-hydrogen) atoms. The third-order valence-corrected chi connectivity index (χ3v) is 12.0. The Morgan fingerprint density at radius 2 is 1.17 bits per heavy atom. The molecule has 1 rings (SSSR count). The number of benzene rings is 1. The molecule has 8 amide bonds. The normalized spacial score (nSPS) is 15.0. The second kappa shape index (κ2) is 37.0. The highest BCUT2D eigenvalue weighted by molar-refractivity contribution is 5.98. The number of nitrogens with one attached hydrogen (secondary N) is 9. The molecule has 1 aromatic rings. The number of carbonyl (C=O) groups is 12. The molecule has 0 aromatic heterocycles. The average molecular weight is 1080 g/mol. The summed E-state index contributed by atoms with van der Waals surface area (Å²) in [6.07, 6.45) is 0.511. The van der Waals surface area contributed by atoms with Crippen LogP contribution in [0, 0.1) is 11.8 Å². The lowest BCUT2D eigenvalue weighted by atomic mass is 9.87. The zero-order valence-corrected chi connectivity index (χ0v) is 43.5. The highest BCUT2D eigenvalue weighted by atomic mass is 16.4. The quantitative estimate of drug-likeness (QED) is 0.0167. The first-order chi connectivity index (χ1) is 36.0. The van der Waals surface area contributed by atoms with Gasteiger partial charge in [-0.05, 0) is 57.9 Å². The van der Waals surface area contributed by atoms with Crippen molar-refractivity contribution in [1.82, 2.24) is 48.1 Å². The van der Waals surface area contributed by atoms with Gasteiger partial charge in [-0.15, -0.1) is 0 Å². The van der Waals surface area contributed by atoms with Crippen molar-refractivity contribution in [1.29, 1.82) is 0 Å². The number of carboxylic acid groups (broad SMARTS) is 1. The van der Waals surface area contributed by atoms with Gasteiger partial charge in [0.25, 0.3) is 0 Å². The maximum Gasteiger partial charge on any atom is 0.303 e. The zero-order valence-electron chi connectivity index (χ0n) is 43.5. The summed E-state index contributed by atoms with van der Waals surface area (Å²) < 4.78 is 0. The van der Waals surface area contributed by atoms with E-state index in [9.17, 15) is 83.1 Å². The van der Waals surface area contributed by atoms with Gasteiger partial charge >= 0.3 is 5.97 Å². The van der Waals surface area contributed by atoms with Crippen molar-refractivity contribution in [2.75, 3.05) is 32.9 Å². The second-order valence-electron chi connectivity index (χ2n) is 18.3. The molecule has 1 aromatic carbocycles. The van der Waals surface area contributed by atoms with Crippen molar-refractivity contribution in [2.24, 2.45) is 17.6 Å². The number of ketones is 2. The van der Waals surface area contributed by atoms with Crippen molar-refractivity contribution in [2.45, 2.75) is 153 Å². The number of Topliss-reactive ketones (excluding diaryl/α,β-unsaturated/α-hetero) is 2. The highest BCUT2D eigenvalue weighted by Crippen LogP contribution is 2.20. The van der Waals surface area contributed by atoms with Crippen molar-refractivity contribution < 1.29 is 83.1 Å². The van der Waals surface area contributed by atoms with Crippen molar-refractivity contribution in [3.63, 3.8) is 0 Å². The van der Waals surface area contributed by atoms with Crippen LogP contribution in [0.5, 0.6) is 0 Å². The first kappa shape index (κ1) is 67.2. The number of amides is 8. The lowest BCUT2D eigenvalue weighted by Crippen LogP contribution is -2.62. The van der Waals surface area contributed by atoms with Crippen LogP contribution in [0.1, 0.15) is 104 Å². The summed E-state index contributed by atoms with van der Waals surface area (Å²) in [7, 11) is 0. The smallest absolute Gasteiger partial charge is 0.303 e. The summed E-state index contributed by atoms with van der Waals surface area (Å²) in [6, 6.07) is -2.89. The molecule has 0 bridgehead atoms. The van der Waals surface area contributed by atoms with Crippen LogP contribution in [0.4, 0.5) is 0 Å². The van der Waals surface area contributed by atoms with Gasteiger partial charge in [0.1, 0.15) is 60.1 Å². The van der Waals surface area contributed by atoms with Crippen molar-refractivity contribution >= 4 is 71.1 Å². The summed E-state index contributed by atoms with van der Waals surface area (Å²) >= 11 is 0. The summed E-state index contributed by atoms with van der Waals surface area (Å²) in [5.41, 5.74) is 11.8. The van der Waals surface area contributed by atoms with E-state index in [-0.39, 0.29) is 42.5 Å². The molecule has 0 saturated carbocycles. The molecule has 0 fully saturated rings. The zero-order chi connectivity index (χ0) is 57.3. The van der Waals surface area contributed by atoms with E-state index in [2.05, 4.69) is 48.1 Å². The molecule has 426 valence electrons. The lowest BCUT2D eigenvalue weighted by Gasteiger charge is -2.27. The van der Waals surface area contributed by atoms with E-state index in [1.54, 1.807) is 44.2 Å². The van der Waals surface area contributed by atoms with E-state index in [1.165, 1.54) is 6.92 Å². The lowest BCUT2D eigenvalue weighted by molar-refractivity contribution is -0.139. The van der Waals surface area contributed by atoms with Crippen LogP contribution in [0.15, 0.2) is 30.3 Å². The Morgan fingerprint density at radius 3 is 1.71 bits per heavy atom. The summed E-state index contributed by atoms with van der Waals surface area (Å²) in [6.45, 7) is 3.89. The Bertz CT molecular complexity index is 2080. The van der Waals surface area contributed by atoms with Crippen LogP contribution in [-0.4, -0.2) is 178 Å². The second-order valence-corrected chi connectivity index (χ2v) is 18.3. The fourth-order valence-corrected chi connectivity index (χ4v) is 7.32. The molecule has 16 N–H and O–H groups in total. The molecule has 27 nitrogen and oxygen atoms in total. The first-order valence-electron chi connectivity index (χ1n) is 25.1. The number of aliphatic carboxylic acids is 1. The Hall–Kier alpha value is -6.78. The molecule has 5 unspecified atom stereocenters. The molecule has 0 aliphatic carbocycles. The summed E-state index contributed by atoms with van der Waals surface area (Å²) in [5, 5.41) is 65.1. The number of carbonyl (C=O) groups excluding carboxylic acids is 11. The number of rotatable bonds is 41. The van der Waals surface area contributed by atoms with E-state index in [4.69, 9.17) is 5.73 Å². The monoisotopic (exact) mass is 1080 g/mol. The Balaban J connectivity index is 3.04. The van der Waals surface area contributed by atoms with Gasteiger partial charge in [0.15, 0.2) is 0 Å². The minimum atomic E-state index is -1.94. The summed E-state index contributed by atoms with van der Waals surface area (Å²) in [5.74, 6) is -10.3. The van der Waals surface area contributed by atoms with E-state index in [0.29, 0.717) is 63.6 Å². The number of hydrogen-bond donors (Lipinski definition) is 15. The van der Waals surface area contributed by atoms with Crippen LogP contribution < -0.4 is 53.8 Å². The molecule has 0 saturated heterocycles. The third-order valence-electron chi connectivity index (χ3n) is 12.0.